The minimum atomic E-state index is -0.529. The van der Waals surface area contributed by atoms with Crippen molar-refractivity contribution in [1.29, 1.82) is 0 Å². The Bertz CT molecular complexity index is 471. The third kappa shape index (κ3) is 3.93. The van der Waals surface area contributed by atoms with Crippen LogP contribution in [-0.2, 0) is 9.47 Å². The largest absolute Gasteiger partial charge is 0.444 e. The first-order valence-corrected chi connectivity index (χ1v) is 7.64. The van der Waals surface area contributed by atoms with E-state index in [0.717, 1.165) is 0 Å². The summed E-state index contributed by atoms with van der Waals surface area (Å²) in [6.07, 6.45) is 3.24. The third-order valence-electron chi connectivity index (χ3n) is 3.34. The van der Waals surface area contributed by atoms with E-state index in [1.807, 2.05) is 53.7 Å². The van der Waals surface area contributed by atoms with Crippen LogP contribution in [0.25, 0.3) is 0 Å². The molecule has 2 aliphatic rings. The molecule has 1 fully saturated rings. The fraction of sp³-hybridized carbons (Fsp3) is 0.750. The summed E-state index contributed by atoms with van der Waals surface area (Å²) < 4.78 is 10.8. The summed E-state index contributed by atoms with van der Waals surface area (Å²) in [5.41, 5.74) is -1.05. The van der Waals surface area contributed by atoms with Crippen molar-refractivity contribution in [2.45, 2.75) is 64.8 Å². The molecule has 6 heteroatoms. The van der Waals surface area contributed by atoms with Crippen molar-refractivity contribution in [2.24, 2.45) is 0 Å². The lowest BCUT2D eigenvalue weighted by Crippen LogP contribution is -2.58. The second kappa shape index (κ2) is 5.48. The highest BCUT2D eigenvalue weighted by Gasteiger charge is 2.43. The van der Waals surface area contributed by atoms with Gasteiger partial charge in [0, 0.05) is 13.1 Å². The molecule has 0 N–H and O–H groups in total. The quantitative estimate of drug-likeness (QED) is 0.646. The summed E-state index contributed by atoms with van der Waals surface area (Å²) in [5, 5.41) is 0. The Morgan fingerprint density at radius 2 is 1.27 bits per heavy atom. The number of carbonyl (C=O) groups is 2. The highest BCUT2D eigenvalue weighted by Crippen LogP contribution is 2.27. The van der Waals surface area contributed by atoms with E-state index in [2.05, 4.69) is 0 Å². The number of ether oxygens (including phenoxy) is 2. The van der Waals surface area contributed by atoms with Crippen LogP contribution in [0.2, 0.25) is 0 Å². The number of hydrogen-bond donors (Lipinski definition) is 0. The number of nitrogens with zero attached hydrogens (tertiary/aromatic N) is 2. The minimum Gasteiger partial charge on any atom is -0.444 e. The van der Waals surface area contributed by atoms with Gasteiger partial charge in [-0.1, -0.05) is 12.2 Å². The van der Waals surface area contributed by atoms with Crippen LogP contribution in [-0.4, -0.2) is 58.4 Å². The summed E-state index contributed by atoms with van der Waals surface area (Å²) in [7, 11) is 0. The number of amides is 2. The van der Waals surface area contributed by atoms with Gasteiger partial charge < -0.3 is 14.4 Å². The monoisotopic (exact) mass is 310 g/mol. The van der Waals surface area contributed by atoms with Crippen molar-refractivity contribution in [3.8, 4) is 0 Å². The molecule has 0 aromatic rings. The highest BCUT2D eigenvalue weighted by molar-refractivity contribution is 5.73. The zero-order valence-electron chi connectivity index (χ0n) is 14.3. The Hall–Kier alpha value is -1.72. The van der Waals surface area contributed by atoms with Gasteiger partial charge in [0.05, 0.1) is 12.1 Å². The fourth-order valence-electron chi connectivity index (χ4n) is 2.57. The maximum atomic E-state index is 12.3. The molecule has 124 valence electrons. The smallest absolute Gasteiger partial charge is 0.411 e. The molecule has 0 spiro atoms. The molecule has 6 nitrogen and oxygen atoms in total. The molecular formula is C16H26N2O4. The average molecular weight is 310 g/mol. The molecule has 22 heavy (non-hydrogen) atoms. The standard InChI is InChI=1S/C16H26N2O4/c1-15(2,3)21-13(19)17-9-11-7-8-12(10-17)18(11)14(20)22-16(4,5)6/h7-8,11-12H,9-10H2,1-6H3/t11-,12+. The van der Waals surface area contributed by atoms with E-state index in [0.29, 0.717) is 13.1 Å². The second-order valence-electron chi connectivity index (χ2n) is 7.79. The molecule has 0 aliphatic carbocycles. The van der Waals surface area contributed by atoms with Crippen LogP contribution in [0.1, 0.15) is 41.5 Å². The summed E-state index contributed by atoms with van der Waals surface area (Å²) in [6.45, 7) is 11.9. The lowest BCUT2D eigenvalue weighted by atomic mass is 10.1. The first kappa shape index (κ1) is 16.6. The fourth-order valence-corrected chi connectivity index (χ4v) is 2.57. The molecule has 2 heterocycles. The van der Waals surface area contributed by atoms with Gasteiger partial charge >= 0.3 is 12.2 Å². The van der Waals surface area contributed by atoms with Gasteiger partial charge in [-0.15, -0.1) is 0 Å². The van der Waals surface area contributed by atoms with Crippen molar-refractivity contribution in [1.82, 2.24) is 9.80 Å². The van der Waals surface area contributed by atoms with Crippen molar-refractivity contribution in [2.75, 3.05) is 13.1 Å². The van der Waals surface area contributed by atoms with Gasteiger partial charge in [0.1, 0.15) is 11.2 Å². The first-order valence-electron chi connectivity index (χ1n) is 7.64. The number of carbonyl (C=O) groups excluding carboxylic acids is 2. The number of fused-ring (bicyclic) bond motifs is 2. The Kier molecular flexibility index (Phi) is 4.15. The summed E-state index contributed by atoms with van der Waals surface area (Å²) in [4.78, 5) is 27.8. The Balaban J connectivity index is 2.01. The normalized spacial score (nSPS) is 24.5. The van der Waals surface area contributed by atoms with Gasteiger partial charge in [-0.3, -0.25) is 4.90 Å². The van der Waals surface area contributed by atoms with Crippen molar-refractivity contribution < 1.29 is 19.1 Å². The topological polar surface area (TPSA) is 59.1 Å². The minimum absolute atomic E-state index is 0.152. The van der Waals surface area contributed by atoms with E-state index < -0.39 is 11.2 Å². The maximum absolute atomic E-state index is 12.3. The third-order valence-corrected chi connectivity index (χ3v) is 3.34. The predicted molar refractivity (Wildman–Crippen MR) is 82.6 cm³/mol. The Morgan fingerprint density at radius 1 is 0.864 bits per heavy atom. The molecule has 2 atom stereocenters. The van der Waals surface area contributed by atoms with Crippen LogP contribution in [0.5, 0.6) is 0 Å². The van der Waals surface area contributed by atoms with Crippen LogP contribution in [0.4, 0.5) is 9.59 Å². The molecule has 0 radical (unpaired) electrons. The second-order valence-corrected chi connectivity index (χ2v) is 7.79. The van der Waals surface area contributed by atoms with Crippen LogP contribution >= 0.6 is 0 Å². The van der Waals surface area contributed by atoms with Gasteiger partial charge in [-0.2, -0.15) is 0 Å². The van der Waals surface area contributed by atoms with E-state index in [-0.39, 0.29) is 24.3 Å². The zero-order valence-corrected chi connectivity index (χ0v) is 14.3. The molecule has 2 bridgehead atoms. The van der Waals surface area contributed by atoms with Crippen molar-refractivity contribution >= 4 is 12.2 Å². The average Bonchev–Trinajstić information content (AvgIpc) is 2.56. The van der Waals surface area contributed by atoms with Crippen LogP contribution in [0, 0.1) is 0 Å². The van der Waals surface area contributed by atoms with Crippen LogP contribution < -0.4 is 0 Å². The number of hydrogen-bond acceptors (Lipinski definition) is 4. The number of rotatable bonds is 0. The molecule has 0 aromatic heterocycles. The molecule has 2 rings (SSSR count). The summed E-state index contributed by atoms with van der Waals surface area (Å²) >= 11 is 0. The van der Waals surface area contributed by atoms with Crippen LogP contribution in [0.15, 0.2) is 12.2 Å². The predicted octanol–water partition coefficient (Wildman–Crippen LogP) is 2.78. The lowest BCUT2D eigenvalue weighted by Gasteiger charge is -2.41. The molecule has 2 aliphatic heterocycles. The van der Waals surface area contributed by atoms with Gasteiger partial charge in [0.15, 0.2) is 0 Å². The highest BCUT2D eigenvalue weighted by atomic mass is 16.6. The molecule has 1 saturated heterocycles. The Labute approximate surface area is 132 Å². The van der Waals surface area contributed by atoms with E-state index in [1.54, 1.807) is 9.80 Å². The Morgan fingerprint density at radius 3 is 1.68 bits per heavy atom. The van der Waals surface area contributed by atoms with Gasteiger partial charge in [-0.05, 0) is 41.5 Å². The SMILES string of the molecule is CC(C)(C)OC(=O)N1C[C@H]2C=C[C@@H](C1)N2C(=O)OC(C)(C)C. The maximum Gasteiger partial charge on any atom is 0.411 e. The lowest BCUT2D eigenvalue weighted by molar-refractivity contribution is -0.0140. The summed E-state index contributed by atoms with van der Waals surface area (Å²) in [6, 6.07) is -0.303. The van der Waals surface area contributed by atoms with E-state index >= 15 is 0 Å². The molecule has 2 amide bonds. The zero-order chi connectivity index (χ0) is 16.7. The van der Waals surface area contributed by atoms with E-state index in [1.165, 1.54) is 0 Å². The number of piperazine rings is 1. The molecule has 0 aromatic carbocycles. The van der Waals surface area contributed by atoms with Crippen LogP contribution in [0.3, 0.4) is 0 Å². The van der Waals surface area contributed by atoms with E-state index in [9.17, 15) is 9.59 Å². The first-order chi connectivity index (χ1) is 9.96. The van der Waals surface area contributed by atoms with E-state index in [4.69, 9.17) is 9.47 Å². The van der Waals surface area contributed by atoms with Gasteiger partial charge in [0.2, 0.25) is 0 Å². The molecule has 0 saturated carbocycles. The molecular weight excluding hydrogens is 284 g/mol. The molecule has 0 unspecified atom stereocenters. The van der Waals surface area contributed by atoms with Crippen molar-refractivity contribution in [3.05, 3.63) is 12.2 Å². The van der Waals surface area contributed by atoms with Gasteiger partial charge in [-0.25, -0.2) is 9.59 Å². The summed E-state index contributed by atoms with van der Waals surface area (Å²) in [5.74, 6) is 0. The van der Waals surface area contributed by atoms with Crippen molar-refractivity contribution in [3.63, 3.8) is 0 Å². The van der Waals surface area contributed by atoms with Gasteiger partial charge in [0.25, 0.3) is 0 Å².